The van der Waals surface area contributed by atoms with Crippen LogP contribution in [0.25, 0.3) is 0 Å². The first-order valence-corrected chi connectivity index (χ1v) is 5.63. The predicted molar refractivity (Wildman–Crippen MR) is 64.3 cm³/mol. The molecule has 0 radical (unpaired) electrons. The lowest BCUT2D eigenvalue weighted by atomic mass is 10.1. The van der Waals surface area contributed by atoms with Gasteiger partial charge in [0.2, 0.25) is 5.91 Å². The number of aliphatic carboxylic acids is 1. The summed E-state index contributed by atoms with van der Waals surface area (Å²) in [5, 5.41) is 11.4. The van der Waals surface area contributed by atoms with Gasteiger partial charge in [-0.3, -0.25) is 14.4 Å². The molecule has 0 spiro atoms. The number of benzene rings is 1. The van der Waals surface area contributed by atoms with Gasteiger partial charge in [0, 0.05) is 24.1 Å². The predicted octanol–water partition coefficient (Wildman–Crippen LogP) is 1.55. The van der Waals surface area contributed by atoms with Gasteiger partial charge in [-0.15, -0.1) is 0 Å². The third-order valence-corrected chi connectivity index (χ3v) is 2.93. The highest BCUT2D eigenvalue weighted by Gasteiger charge is 2.48. The van der Waals surface area contributed by atoms with E-state index >= 15 is 0 Å². The fraction of sp³-hybridized carbons (Fsp3) is 0.308. The number of carbonyl (C=O) groups is 3. The van der Waals surface area contributed by atoms with Crippen LogP contribution in [-0.2, 0) is 9.59 Å². The summed E-state index contributed by atoms with van der Waals surface area (Å²) in [7, 11) is 0. The van der Waals surface area contributed by atoms with Gasteiger partial charge in [-0.25, -0.2) is 0 Å². The molecule has 0 saturated heterocycles. The van der Waals surface area contributed by atoms with Crippen LogP contribution in [0.3, 0.4) is 0 Å². The molecular formula is C13H13NO4. The summed E-state index contributed by atoms with van der Waals surface area (Å²) < 4.78 is 0. The number of anilines is 1. The first-order chi connectivity index (χ1) is 8.49. The molecular weight excluding hydrogens is 234 g/mol. The number of nitrogens with one attached hydrogen (secondary N) is 1. The number of hydrogen-bond acceptors (Lipinski definition) is 3. The van der Waals surface area contributed by atoms with Gasteiger partial charge in [-0.2, -0.15) is 0 Å². The van der Waals surface area contributed by atoms with Crippen LogP contribution < -0.4 is 5.32 Å². The van der Waals surface area contributed by atoms with E-state index < -0.39 is 17.8 Å². The number of carboxylic acids is 1. The van der Waals surface area contributed by atoms with Crippen molar-refractivity contribution in [1.29, 1.82) is 0 Å². The molecule has 5 nitrogen and oxygen atoms in total. The summed E-state index contributed by atoms with van der Waals surface area (Å²) in [5.74, 6) is -2.16. The van der Waals surface area contributed by atoms with Gasteiger partial charge >= 0.3 is 5.97 Å². The molecule has 1 aromatic carbocycles. The van der Waals surface area contributed by atoms with Gasteiger partial charge in [0.15, 0.2) is 5.78 Å². The monoisotopic (exact) mass is 247 g/mol. The van der Waals surface area contributed by atoms with E-state index in [4.69, 9.17) is 5.11 Å². The Balaban J connectivity index is 2.04. The third kappa shape index (κ3) is 2.56. The number of carboxylic acid groups (broad SMARTS) is 1. The van der Waals surface area contributed by atoms with Crippen LogP contribution in [0.4, 0.5) is 5.69 Å². The van der Waals surface area contributed by atoms with Crippen LogP contribution in [-0.4, -0.2) is 22.8 Å². The summed E-state index contributed by atoms with van der Waals surface area (Å²) in [6.45, 7) is 1.40. The van der Waals surface area contributed by atoms with Crippen molar-refractivity contribution >= 4 is 23.3 Å². The summed E-state index contributed by atoms with van der Waals surface area (Å²) >= 11 is 0. The summed E-state index contributed by atoms with van der Waals surface area (Å²) in [6, 6.07) is 6.47. The van der Waals surface area contributed by atoms with E-state index in [0.29, 0.717) is 17.7 Å². The molecule has 0 bridgehead atoms. The molecule has 1 saturated carbocycles. The highest BCUT2D eigenvalue weighted by Crippen LogP contribution is 2.41. The maximum absolute atomic E-state index is 11.9. The molecule has 0 aliphatic heterocycles. The normalized spacial score (nSPS) is 21.2. The van der Waals surface area contributed by atoms with E-state index in [0.717, 1.165) is 0 Å². The molecule has 2 atom stereocenters. The van der Waals surface area contributed by atoms with Crippen molar-refractivity contribution < 1.29 is 19.5 Å². The van der Waals surface area contributed by atoms with Gasteiger partial charge in [-0.05, 0) is 30.7 Å². The van der Waals surface area contributed by atoms with Gasteiger partial charge < -0.3 is 10.4 Å². The Kier molecular flexibility index (Phi) is 3.14. The zero-order valence-corrected chi connectivity index (χ0v) is 9.84. The molecule has 0 heterocycles. The molecule has 2 rings (SSSR count). The van der Waals surface area contributed by atoms with Crippen molar-refractivity contribution in [3.05, 3.63) is 29.8 Å². The number of Topliss-reactive ketones (excluding diaryl/α,β-unsaturated/α-hetero) is 1. The second-order valence-corrected chi connectivity index (χ2v) is 4.41. The van der Waals surface area contributed by atoms with Crippen LogP contribution >= 0.6 is 0 Å². The Hall–Kier alpha value is -2.17. The number of ketones is 1. The first-order valence-electron chi connectivity index (χ1n) is 5.63. The second-order valence-electron chi connectivity index (χ2n) is 4.41. The lowest BCUT2D eigenvalue weighted by molar-refractivity contribution is -0.138. The maximum atomic E-state index is 11.9. The lowest BCUT2D eigenvalue weighted by Crippen LogP contribution is -2.09. The van der Waals surface area contributed by atoms with Crippen molar-refractivity contribution in [2.75, 3.05) is 5.32 Å². The highest BCUT2D eigenvalue weighted by molar-refractivity contribution is 6.03. The third-order valence-electron chi connectivity index (χ3n) is 2.93. The zero-order chi connectivity index (χ0) is 13.3. The van der Waals surface area contributed by atoms with Crippen molar-refractivity contribution in [3.63, 3.8) is 0 Å². The smallest absolute Gasteiger partial charge is 0.307 e. The molecule has 1 aliphatic carbocycles. The fourth-order valence-corrected chi connectivity index (χ4v) is 1.89. The SMILES string of the molecule is CC(=O)Nc1ccc(C(=O)C2CC2C(=O)O)cc1. The molecule has 1 aromatic rings. The Bertz CT molecular complexity index is 506. The molecule has 2 unspecified atom stereocenters. The number of carbonyl (C=O) groups excluding carboxylic acids is 2. The van der Waals surface area contributed by atoms with E-state index in [2.05, 4.69) is 5.32 Å². The average molecular weight is 247 g/mol. The van der Waals surface area contributed by atoms with Crippen molar-refractivity contribution in [2.24, 2.45) is 11.8 Å². The standard InChI is InChI=1S/C13H13NO4/c1-7(15)14-9-4-2-8(3-5-9)12(16)10-6-11(10)13(17)18/h2-5,10-11H,6H2,1H3,(H,14,15)(H,17,18). The largest absolute Gasteiger partial charge is 0.481 e. The van der Waals surface area contributed by atoms with Gasteiger partial charge in [0.1, 0.15) is 0 Å². The minimum atomic E-state index is -0.914. The van der Waals surface area contributed by atoms with Crippen molar-refractivity contribution in [1.82, 2.24) is 0 Å². The van der Waals surface area contributed by atoms with E-state index in [1.54, 1.807) is 24.3 Å². The number of rotatable bonds is 4. The van der Waals surface area contributed by atoms with Crippen molar-refractivity contribution in [3.8, 4) is 0 Å². The summed E-state index contributed by atoms with van der Waals surface area (Å²) in [4.78, 5) is 33.4. The quantitative estimate of drug-likeness (QED) is 0.790. The van der Waals surface area contributed by atoms with E-state index in [9.17, 15) is 14.4 Å². The van der Waals surface area contributed by atoms with Crippen LogP contribution in [0.2, 0.25) is 0 Å². The van der Waals surface area contributed by atoms with E-state index in [1.807, 2.05) is 0 Å². The number of amides is 1. The van der Waals surface area contributed by atoms with Crippen LogP contribution in [0.5, 0.6) is 0 Å². The highest BCUT2D eigenvalue weighted by atomic mass is 16.4. The zero-order valence-electron chi connectivity index (χ0n) is 9.84. The lowest BCUT2D eigenvalue weighted by Gasteiger charge is -2.03. The summed E-state index contributed by atoms with van der Waals surface area (Å²) in [5.41, 5.74) is 1.10. The molecule has 0 aromatic heterocycles. The molecule has 94 valence electrons. The topological polar surface area (TPSA) is 83.5 Å². The van der Waals surface area contributed by atoms with Gasteiger partial charge in [0.05, 0.1) is 5.92 Å². The first kappa shape index (κ1) is 12.3. The Labute approximate surface area is 104 Å². The summed E-state index contributed by atoms with van der Waals surface area (Å²) in [6.07, 6.45) is 0.418. The van der Waals surface area contributed by atoms with Crippen molar-refractivity contribution in [2.45, 2.75) is 13.3 Å². The Morgan fingerprint density at radius 3 is 2.22 bits per heavy atom. The Morgan fingerprint density at radius 2 is 1.78 bits per heavy atom. The fourth-order valence-electron chi connectivity index (χ4n) is 1.89. The number of hydrogen-bond donors (Lipinski definition) is 2. The van der Waals surface area contributed by atoms with Gasteiger partial charge in [0.25, 0.3) is 0 Å². The molecule has 5 heteroatoms. The van der Waals surface area contributed by atoms with Crippen LogP contribution in [0.15, 0.2) is 24.3 Å². The van der Waals surface area contributed by atoms with Crippen LogP contribution in [0, 0.1) is 11.8 Å². The average Bonchev–Trinajstić information content (AvgIpc) is 3.08. The minimum Gasteiger partial charge on any atom is -0.481 e. The maximum Gasteiger partial charge on any atom is 0.307 e. The Morgan fingerprint density at radius 1 is 1.17 bits per heavy atom. The van der Waals surface area contributed by atoms with E-state index in [-0.39, 0.29) is 11.7 Å². The minimum absolute atomic E-state index is 0.142. The molecule has 18 heavy (non-hydrogen) atoms. The molecule has 2 N–H and O–H groups in total. The van der Waals surface area contributed by atoms with Gasteiger partial charge in [-0.1, -0.05) is 0 Å². The molecule has 1 aliphatic rings. The van der Waals surface area contributed by atoms with E-state index in [1.165, 1.54) is 6.92 Å². The molecule has 1 fully saturated rings. The van der Waals surface area contributed by atoms with Crippen LogP contribution in [0.1, 0.15) is 23.7 Å². The molecule has 1 amide bonds. The second kappa shape index (κ2) is 4.60.